The second-order valence-electron chi connectivity index (χ2n) is 7.40. The summed E-state index contributed by atoms with van der Waals surface area (Å²) in [6.45, 7) is 2.21. The van der Waals surface area contributed by atoms with Gasteiger partial charge in [0.05, 0.1) is 11.1 Å². The van der Waals surface area contributed by atoms with Gasteiger partial charge in [-0.3, -0.25) is 14.6 Å². The highest BCUT2D eigenvalue weighted by atomic mass is 79.9. The molecular weight excluding hydrogens is 430 g/mol. The lowest BCUT2D eigenvalue weighted by Crippen LogP contribution is -2.28. The number of aromatic nitrogens is 1. The quantitative estimate of drug-likeness (QED) is 0.557. The van der Waals surface area contributed by atoms with Crippen molar-refractivity contribution in [1.82, 2.24) is 10.3 Å². The molecule has 148 valence electrons. The van der Waals surface area contributed by atoms with Gasteiger partial charge in [0.1, 0.15) is 0 Å². The highest BCUT2D eigenvalue weighted by Gasteiger charge is 2.26. The number of rotatable bonds is 6. The summed E-state index contributed by atoms with van der Waals surface area (Å²) in [4.78, 5) is 29.8. The molecule has 1 aliphatic rings. The fraction of sp³-hybridized carbons (Fsp3) is 0.261. The summed E-state index contributed by atoms with van der Waals surface area (Å²) in [5.41, 5.74) is 4.20. The number of carbonyl (C=O) groups excluding carboxylic acids is 2. The largest absolute Gasteiger partial charge is 0.351 e. The molecule has 6 heteroatoms. The molecule has 1 aromatic heterocycles. The second kappa shape index (κ2) is 8.33. The Bertz CT molecular complexity index is 1090. The summed E-state index contributed by atoms with van der Waals surface area (Å²) in [6, 6.07) is 15.3. The van der Waals surface area contributed by atoms with E-state index in [9.17, 15) is 9.59 Å². The SMILES string of the molecule is Cc1ccc(Br)cc1NC(=O)CCNC(=O)c1cc(C2CC2)nc2ccccc12. The molecule has 2 amide bonds. The van der Waals surface area contributed by atoms with Gasteiger partial charge in [-0.25, -0.2) is 0 Å². The fourth-order valence-corrected chi connectivity index (χ4v) is 3.66. The van der Waals surface area contributed by atoms with Crippen LogP contribution in [0.1, 0.15) is 46.8 Å². The van der Waals surface area contributed by atoms with Crippen LogP contribution in [0.5, 0.6) is 0 Å². The maximum Gasteiger partial charge on any atom is 0.252 e. The summed E-state index contributed by atoms with van der Waals surface area (Å²) in [7, 11) is 0. The molecule has 0 bridgehead atoms. The first-order valence-electron chi connectivity index (χ1n) is 9.75. The lowest BCUT2D eigenvalue weighted by Gasteiger charge is -2.11. The summed E-state index contributed by atoms with van der Waals surface area (Å²) in [5.74, 6) is 0.159. The second-order valence-corrected chi connectivity index (χ2v) is 8.32. The number of para-hydroxylation sites is 1. The summed E-state index contributed by atoms with van der Waals surface area (Å²) >= 11 is 3.41. The number of pyridine rings is 1. The highest BCUT2D eigenvalue weighted by molar-refractivity contribution is 9.10. The third-order valence-electron chi connectivity index (χ3n) is 5.09. The molecule has 2 N–H and O–H groups in total. The molecule has 0 atom stereocenters. The Morgan fingerprint density at radius 2 is 1.93 bits per heavy atom. The van der Waals surface area contributed by atoms with Gasteiger partial charge in [0.25, 0.3) is 5.91 Å². The molecule has 0 aliphatic heterocycles. The number of halogens is 1. The summed E-state index contributed by atoms with van der Waals surface area (Å²) in [5, 5.41) is 6.62. The predicted molar refractivity (Wildman–Crippen MR) is 118 cm³/mol. The topological polar surface area (TPSA) is 71.1 Å². The number of fused-ring (bicyclic) bond motifs is 1. The van der Waals surface area contributed by atoms with Gasteiger partial charge in [0.15, 0.2) is 0 Å². The number of anilines is 1. The average molecular weight is 452 g/mol. The van der Waals surface area contributed by atoms with Crippen molar-refractivity contribution in [3.8, 4) is 0 Å². The minimum absolute atomic E-state index is 0.134. The van der Waals surface area contributed by atoms with Crippen LogP contribution in [-0.4, -0.2) is 23.3 Å². The molecule has 1 aliphatic carbocycles. The number of hydrogen-bond acceptors (Lipinski definition) is 3. The minimum atomic E-state index is -0.170. The van der Waals surface area contributed by atoms with Crippen LogP contribution in [0.3, 0.4) is 0 Å². The van der Waals surface area contributed by atoms with E-state index in [-0.39, 0.29) is 24.8 Å². The van der Waals surface area contributed by atoms with Gasteiger partial charge >= 0.3 is 0 Å². The first-order valence-corrected chi connectivity index (χ1v) is 10.5. The lowest BCUT2D eigenvalue weighted by atomic mass is 10.1. The smallest absolute Gasteiger partial charge is 0.252 e. The van der Waals surface area contributed by atoms with Crippen molar-refractivity contribution in [2.24, 2.45) is 0 Å². The number of hydrogen-bond donors (Lipinski definition) is 2. The Balaban J connectivity index is 1.41. The van der Waals surface area contributed by atoms with Crippen LogP contribution in [-0.2, 0) is 4.79 Å². The molecule has 5 nitrogen and oxygen atoms in total. The van der Waals surface area contributed by atoms with Crippen molar-refractivity contribution in [3.63, 3.8) is 0 Å². The van der Waals surface area contributed by atoms with E-state index in [1.807, 2.05) is 55.5 Å². The maximum atomic E-state index is 12.8. The molecular formula is C23H22BrN3O2. The molecule has 0 unspecified atom stereocenters. The molecule has 4 rings (SSSR count). The van der Waals surface area contributed by atoms with E-state index in [0.717, 1.165) is 45.2 Å². The predicted octanol–water partition coefficient (Wildman–Crippen LogP) is 4.94. The Morgan fingerprint density at radius 3 is 2.72 bits per heavy atom. The van der Waals surface area contributed by atoms with Crippen LogP contribution >= 0.6 is 15.9 Å². The van der Waals surface area contributed by atoms with Gasteiger partial charge in [-0.1, -0.05) is 40.2 Å². The minimum Gasteiger partial charge on any atom is -0.351 e. The Labute approximate surface area is 178 Å². The molecule has 1 fully saturated rings. The molecule has 1 saturated carbocycles. The van der Waals surface area contributed by atoms with Gasteiger partial charge in [-0.15, -0.1) is 0 Å². The first-order chi connectivity index (χ1) is 14.0. The number of benzene rings is 2. The van der Waals surface area contributed by atoms with Crippen molar-refractivity contribution in [1.29, 1.82) is 0 Å². The van der Waals surface area contributed by atoms with Gasteiger partial charge in [-0.2, -0.15) is 0 Å². The number of nitrogens with one attached hydrogen (secondary N) is 2. The van der Waals surface area contributed by atoms with Gasteiger partial charge in [0.2, 0.25) is 5.91 Å². The molecule has 0 radical (unpaired) electrons. The molecule has 3 aromatic rings. The van der Waals surface area contributed by atoms with E-state index < -0.39 is 0 Å². The fourth-order valence-electron chi connectivity index (χ4n) is 3.30. The van der Waals surface area contributed by atoms with E-state index in [2.05, 4.69) is 26.6 Å². The van der Waals surface area contributed by atoms with Crippen LogP contribution in [0, 0.1) is 6.92 Å². The summed E-state index contributed by atoms with van der Waals surface area (Å²) < 4.78 is 0.905. The molecule has 2 aromatic carbocycles. The van der Waals surface area contributed by atoms with Crippen molar-refractivity contribution in [3.05, 3.63) is 69.8 Å². The van der Waals surface area contributed by atoms with E-state index in [1.54, 1.807) is 0 Å². The molecule has 0 spiro atoms. The zero-order chi connectivity index (χ0) is 20.4. The van der Waals surface area contributed by atoms with Crippen LogP contribution in [0.25, 0.3) is 10.9 Å². The standard InChI is InChI=1S/C23H22BrN3O2/c1-14-6-9-16(24)12-20(14)27-22(28)10-11-25-23(29)18-13-21(15-7-8-15)26-19-5-3-2-4-17(18)19/h2-6,9,12-13,15H,7-8,10-11H2,1H3,(H,25,29)(H,27,28). The van der Waals surface area contributed by atoms with E-state index in [4.69, 9.17) is 4.98 Å². The monoisotopic (exact) mass is 451 g/mol. The molecule has 1 heterocycles. The number of aryl methyl sites for hydroxylation is 1. The van der Waals surface area contributed by atoms with E-state index >= 15 is 0 Å². The maximum absolute atomic E-state index is 12.8. The Morgan fingerprint density at radius 1 is 1.14 bits per heavy atom. The van der Waals surface area contributed by atoms with Crippen LogP contribution in [0.15, 0.2) is 53.0 Å². The highest BCUT2D eigenvalue weighted by Crippen LogP contribution is 2.40. The van der Waals surface area contributed by atoms with Crippen molar-refractivity contribution in [2.75, 3.05) is 11.9 Å². The van der Waals surface area contributed by atoms with Crippen LogP contribution in [0.2, 0.25) is 0 Å². The molecule has 0 saturated heterocycles. The molecule has 29 heavy (non-hydrogen) atoms. The zero-order valence-corrected chi connectivity index (χ0v) is 17.8. The Hall–Kier alpha value is -2.73. The number of amides is 2. The normalized spacial score (nSPS) is 13.3. The third-order valence-corrected chi connectivity index (χ3v) is 5.58. The van der Waals surface area contributed by atoms with Crippen LogP contribution < -0.4 is 10.6 Å². The zero-order valence-electron chi connectivity index (χ0n) is 16.2. The third kappa shape index (κ3) is 4.65. The average Bonchev–Trinajstić information content (AvgIpc) is 3.55. The first kappa shape index (κ1) is 19.6. The van der Waals surface area contributed by atoms with Gasteiger partial charge in [0, 0.05) is 40.1 Å². The van der Waals surface area contributed by atoms with Crippen LogP contribution in [0.4, 0.5) is 5.69 Å². The van der Waals surface area contributed by atoms with Gasteiger partial charge in [-0.05, 0) is 49.6 Å². The number of carbonyl (C=O) groups is 2. The van der Waals surface area contributed by atoms with Crippen molar-refractivity contribution < 1.29 is 9.59 Å². The van der Waals surface area contributed by atoms with E-state index in [0.29, 0.717) is 11.5 Å². The Kier molecular flexibility index (Phi) is 5.62. The van der Waals surface area contributed by atoms with Crippen molar-refractivity contribution in [2.45, 2.75) is 32.1 Å². The van der Waals surface area contributed by atoms with E-state index in [1.165, 1.54) is 0 Å². The van der Waals surface area contributed by atoms with Gasteiger partial charge < -0.3 is 10.6 Å². The number of nitrogens with zero attached hydrogens (tertiary/aromatic N) is 1. The van der Waals surface area contributed by atoms with Crippen molar-refractivity contribution >= 4 is 44.3 Å². The lowest BCUT2D eigenvalue weighted by molar-refractivity contribution is -0.116. The summed E-state index contributed by atoms with van der Waals surface area (Å²) in [6.07, 6.45) is 2.46.